The lowest BCUT2D eigenvalue weighted by molar-refractivity contribution is 0.102. The predicted octanol–water partition coefficient (Wildman–Crippen LogP) is 2.17. The molecule has 7 nitrogen and oxygen atoms in total. The summed E-state index contributed by atoms with van der Waals surface area (Å²) >= 11 is 5.88. The van der Waals surface area contributed by atoms with E-state index >= 15 is 0 Å². The van der Waals surface area contributed by atoms with Crippen LogP contribution in [0.2, 0.25) is 5.02 Å². The normalized spacial score (nSPS) is 14.0. The third-order valence-corrected chi connectivity index (χ3v) is 3.92. The van der Waals surface area contributed by atoms with Crippen LogP contribution in [0.3, 0.4) is 0 Å². The van der Waals surface area contributed by atoms with Gasteiger partial charge in [-0.3, -0.25) is 9.20 Å². The number of nitrogens with one attached hydrogen (secondary N) is 1. The molecular weight excluding hydrogens is 304 g/mol. The molecule has 0 saturated heterocycles. The summed E-state index contributed by atoms with van der Waals surface area (Å²) in [5.41, 5.74) is 0.293. The molecule has 1 N–H and O–H groups in total. The van der Waals surface area contributed by atoms with E-state index in [1.165, 1.54) is 6.20 Å². The lowest BCUT2D eigenvalue weighted by atomic mass is 10.2. The van der Waals surface area contributed by atoms with Gasteiger partial charge in [0.25, 0.3) is 5.91 Å². The smallest absolute Gasteiger partial charge is 0.277 e. The molecule has 112 valence electrons. The number of imidazole rings is 2. The summed E-state index contributed by atoms with van der Waals surface area (Å²) in [5, 5.41) is 3.35. The molecule has 0 aromatic carbocycles. The van der Waals surface area contributed by atoms with Gasteiger partial charge in [-0.2, -0.15) is 0 Å². The number of hydrogen-bond donors (Lipinski definition) is 1. The number of aryl methyl sites for hydroxylation is 1. The number of carbonyl (C=O) groups is 1. The van der Waals surface area contributed by atoms with Crippen LogP contribution in [-0.4, -0.2) is 29.8 Å². The molecule has 0 saturated carbocycles. The SMILES string of the molecule is O=C(Nc1cnc2n1CCCC2)c1cn2cc(Cl)cnc2n1. The van der Waals surface area contributed by atoms with Crippen molar-refractivity contribution in [2.45, 2.75) is 25.8 Å². The summed E-state index contributed by atoms with van der Waals surface area (Å²) in [6, 6.07) is 0. The van der Waals surface area contributed by atoms with Crippen molar-refractivity contribution >= 4 is 29.1 Å². The van der Waals surface area contributed by atoms with E-state index in [9.17, 15) is 4.79 Å². The molecule has 3 aromatic rings. The maximum atomic E-state index is 12.4. The molecule has 0 unspecified atom stereocenters. The zero-order valence-corrected chi connectivity index (χ0v) is 12.4. The van der Waals surface area contributed by atoms with Crippen molar-refractivity contribution < 1.29 is 4.79 Å². The van der Waals surface area contributed by atoms with Crippen LogP contribution in [0.4, 0.5) is 5.82 Å². The molecule has 1 amide bonds. The third-order valence-electron chi connectivity index (χ3n) is 3.72. The Bertz CT molecular complexity index is 867. The molecule has 3 aromatic heterocycles. The second-order valence-electron chi connectivity index (χ2n) is 5.23. The highest BCUT2D eigenvalue weighted by atomic mass is 35.5. The summed E-state index contributed by atoms with van der Waals surface area (Å²) < 4.78 is 3.68. The fourth-order valence-corrected chi connectivity index (χ4v) is 2.82. The first-order chi connectivity index (χ1) is 10.7. The number of anilines is 1. The minimum atomic E-state index is -0.283. The number of fused-ring (bicyclic) bond motifs is 2. The summed E-state index contributed by atoms with van der Waals surface area (Å²) in [5.74, 6) is 1.88. The Labute approximate surface area is 131 Å². The highest BCUT2D eigenvalue weighted by Gasteiger charge is 2.18. The Morgan fingerprint density at radius 3 is 3.05 bits per heavy atom. The molecule has 0 aliphatic carbocycles. The Balaban J connectivity index is 1.62. The quantitative estimate of drug-likeness (QED) is 0.786. The van der Waals surface area contributed by atoms with Crippen LogP contribution >= 0.6 is 11.6 Å². The zero-order chi connectivity index (χ0) is 15.1. The summed E-state index contributed by atoms with van der Waals surface area (Å²) in [4.78, 5) is 25.0. The Kier molecular flexibility index (Phi) is 3.07. The van der Waals surface area contributed by atoms with Gasteiger partial charge in [-0.1, -0.05) is 11.6 Å². The highest BCUT2D eigenvalue weighted by Crippen LogP contribution is 2.20. The van der Waals surface area contributed by atoms with Crippen molar-refractivity contribution in [1.29, 1.82) is 0 Å². The fourth-order valence-electron chi connectivity index (χ4n) is 2.67. The van der Waals surface area contributed by atoms with Crippen molar-refractivity contribution in [3.05, 3.63) is 41.3 Å². The van der Waals surface area contributed by atoms with E-state index in [0.717, 1.165) is 31.6 Å². The van der Waals surface area contributed by atoms with Crippen LogP contribution in [0.1, 0.15) is 29.2 Å². The van der Waals surface area contributed by atoms with Gasteiger partial charge in [0.1, 0.15) is 17.3 Å². The van der Waals surface area contributed by atoms with Gasteiger partial charge >= 0.3 is 0 Å². The average Bonchev–Trinajstić information content (AvgIpc) is 3.11. The molecule has 0 bridgehead atoms. The zero-order valence-electron chi connectivity index (χ0n) is 11.7. The highest BCUT2D eigenvalue weighted by molar-refractivity contribution is 6.30. The number of hydrogen-bond acceptors (Lipinski definition) is 4. The fraction of sp³-hybridized carbons (Fsp3) is 0.286. The standard InChI is InChI=1S/C14H13ClN6O/c15-9-5-17-14-18-10(8-20(14)7-9)13(22)19-12-6-16-11-3-1-2-4-21(11)12/h5-8H,1-4H2,(H,19,22). The molecule has 1 aliphatic rings. The molecule has 0 radical (unpaired) electrons. The molecule has 0 atom stereocenters. The van der Waals surface area contributed by atoms with Crippen molar-refractivity contribution in [3.8, 4) is 0 Å². The first-order valence-corrected chi connectivity index (χ1v) is 7.44. The molecule has 4 heterocycles. The van der Waals surface area contributed by atoms with Crippen LogP contribution in [-0.2, 0) is 13.0 Å². The molecule has 22 heavy (non-hydrogen) atoms. The monoisotopic (exact) mass is 316 g/mol. The van der Waals surface area contributed by atoms with Gasteiger partial charge < -0.3 is 9.88 Å². The van der Waals surface area contributed by atoms with Crippen LogP contribution in [0, 0.1) is 0 Å². The summed E-state index contributed by atoms with van der Waals surface area (Å²) in [6.45, 7) is 0.882. The largest absolute Gasteiger partial charge is 0.315 e. The lowest BCUT2D eigenvalue weighted by Gasteiger charge is -2.16. The maximum Gasteiger partial charge on any atom is 0.277 e. The van der Waals surface area contributed by atoms with E-state index in [-0.39, 0.29) is 5.91 Å². The van der Waals surface area contributed by atoms with E-state index in [1.54, 1.807) is 23.0 Å². The first kappa shape index (κ1) is 13.3. The topological polar surface area (TPSA) is 77.1 Å². The van der Waals surface area contributed by atoms with E-state index in [2.05, 4.69) is 20.3 Å². The van der Waals surface area contributed by atoms with E-state index in [4.69, 9.17) is 11.6 Å². The Morgan fingerprint density at radius 2 is 2.14 bits per heavy atom. The van der Waals surface area contributed by atoms with E-state index in [1.807, 2.05) is 4.57 Å². The van der Waals surface area contributed by atoms with Gasteiger partial charge in [0.2, 0.25) is 5.78 Å². The minimum Gasteiger partial charge on any atom is -0.315 e. The maximum absolute atomic E-state index is 12.4. The summed E-state index contributed by atoms with van der Waals surface area (Å²) in [6.07, 6.45) is 9.66. The third kappa shape index (κ3) is 2.23. The minimum absolute atomic E-state index is 0.283. The Hall–Kier alpha value is -2.41. The first-order valence-electron chi connectivity index (χ1n) is 7.07. The summed E-state index contributed by atoms with van der Waals surface area (Å²) in [7, 11) is 0. The molecule has 1 aliphatic heterocycles. The van der Waals surface area contributed by atoms with Gasteiger partial charge in [-0.05, 0) is 12.8 Å². The molecule has 4 rings (SSSR count). The molecular formula is C14H13ClN6O. The average molecular weight is 317 g/mol. The number of aromatic nitrogens is 5. The van der Waals surface area contributed by atoms with Crippen molar-refractivity contribution in [2.24, 2.45) is 0 Å². The second kappa shape index (κ2) is 5.10. The number of rotatable bonds is 2. The number of halogens is 1. The van der Waals surface area contributed by atoms with E-state index < -0.39 is 0 Å². The lowest BCUT2D eigenvalue weighted by Crippen LogP contribution is -2.18. The van der Waals surface area contributed by atoms with Gasteiger partial charge in [-0.25, -0.2) is 15.0 Å². The van der Waals surface area contributed by atoms with Gasteiger partial charge in [-0.15, -0.1) is 0 Å². The van der Waals surface area contributed by atoms with Gasteiger partial charge in [0, 0.05) is 25.4 Å². The van der Waals surface area contributed by atoms with Crippen LogP contribution in [0.25, 0.3) is 5.78 Å². The van der Waals surface area contributed by atoms with Crippen LogP contribution in [0.5, 0.6) is 0 Å². The number of carbonyl (C=O) groups excluding carboxylic acids is 1. The van der Waals surface area contributed by atoms with Crippen molar-refractivity contribution in [2.75, 3.05) is 5.32 Å². The van der Waals surface area contributed by atoms with Gasteiger partial charge in [0.15, 0.2) is 0 Å². The Morgan fingerprint density at radius 1 is 1.23 bits per heavy atom. The second-order valence-corrected chi connectivity index (χ2v) is 5.66. The molecule has 8 heteroatoms. The van der Waals surface area contributed by atoms with E-state index in [0.29, 0.717) is 22.3 Å². The molecule has 0 fully saturated rings. The number of amides is 1. The van der Waals surface area contributed by atoms with Crippen LogP contribution in [0.15, 0.2) is 24.8 Å². The predicted molar refractivity (Wildman–Crippen MR) is 81.1 cm³/mol. The molecule has 0 spiro atoms. The van der Waals surface area contributed by atoms with Crippen molar-refractivity contribution in [3.63, 3.8) is 0 Å². The number of nitrogens with zero attached hydrogens (tertiary/aromatic N) is 5. The van der Waals surface area contributed by atoms with Crippen LogP contribution < -0.4 is 5.32 Å². The van der Waals surface area contributed by atoms with Crippen molar-refractivity contribution in [1.82, 2.24) is 23.9 Å². The van der Waals surface area contributed by atoms with Gasteiger partial charge in [0.05, 0.1) is 17.4 Å².